The van der Waals surface area contributed by atoms with Gasteiger partial charge in [0.2, 0.25) is 0 Å². The van der Waals surface area contributed by atoms with E-state index in [2.05, 4.69) is 66.0 Å². The molecule has 0 aliphatic carbocycles. The van der Waals surface area contributed by atoms with Gasteiger partial charge in [0.25, 0.3) is 0 Å². The summed E-state index contributed by atoms with van der Waals surface area (Å²) in [7, 11) is 1.56. The minimum absolute atomic E-state index is 0.0596. The number of unbranched alkanes of at least 4 members (excludes halogenated alkanes) is 5. The van der Waals surface area contributed by atoms with Crippen LogP contribution in [0.15, 0.2) is 77.8 Å². The molecule has 7 nitrogen and oxygen atoms in total. The average Bonchev–Trinajstić information content (AvgIpc) is 3.38. The van der Waals surface area contributed by atoms with Crippen LogP contribution in [0.1, 0.15) is 107 Å². The topological polar surface area (TPSA) is 91.3 Å². The van der Waals surface area contributed by atoms with Crippen molar-refractivity contribution in [1.82, 2.24) is 0 Å². The van der Waals surface area contributed by atoms with Gasteiger partial charge in [0.1, 0.15) is 11.2 Å². The number of rotatable bonds is 22. The molecule has 0 radical (unpaired) electrons. The molecule has 0 saturated carbocycles. The van der Waals surface area contributed by atoms with Gasteiger partial charge in [0.15, 0.2) is 5.78 Å². The van der Waals surface area contributed by atoms with E-state index in [9.17, 15) is 14.4 Å². The van der Waals surface area contributed by atoms with Gasteiger partial charge in [0.05, 0.1) is 36.0 Å². The number of ketones is 1. The van der Waals surface area contributed by atoms with Crippen molar-refractivity contribution in [2.45, 2.75) is 96.3 Å². The number of carbonyl (C=O) groups is 3. The molecule has 0 bridgehead atoms. The molecular weight excluding hydrogens is 753 g/mol. The van der Waals surface area contributed by atoms with Crippen LogP contribution in [0, 0.1) is 3.57 Å². The van der Waals surface area contributed by atoms with E-state index in [1.165, 1.54) is 25.7 Å². The van der Waals surface area contributed by atoms with Crippen molar-refractivity contribution in [3.8, 4) is 5.75 Å². The van der Waals surface area contributed by atoms with Crippen LogP contribution in [0.25, 0.3) is 0 Å². The number of halogens is 2. The molecule has 1 atom stereocenters. The van der Waals surface area contributed by atoms with Crippen molar-refractivity contribution in [3.63, 3.8) is 0 Å². The Labute approximate surface area is 310 Å². The van der Waals surface area contributed by atoms with E-state index in [4.69, 9.17) is 30.8 Å². The number of hydrogen-bond donors (Lipinski definition) is 0. The highest BCUT2D eigenvalue weighted by Gasteiger charge is 2.51. The zero-order chi connectivity index (χ0) is 35.5. The van der Waals surface area contributed by atoms with Gasteiger partial charge in [-0.25, -0.2) is 0 Å². The van der Waals surface area contributed by atoms with Crippen LogP contribution in [0.2, 0.25) is 5.02 Å². The lowest BCUT2D eigenvalue weighted by molar-refractivity contribution is -0.146. The first-order valence-electron chi connectivity index (χ1n) is 17.2. The molecule has 264 valence electrons. The number of carbonyl (C=O) groups excluding carboxylic acids is 3. The van der Waals surface area contributed by atoms with Crippen molar-refractivity contribution in [2.24, 2.45) is 4.99 Å². The molecule has 1 heterocycles. The second-order valence-electron chi connectivity index (χ2n) is 12.0. The average molecular weight is 802 g/mol. The smallest absolute Gasteiger partial charge is 0.307 e. The summed E-state index contributed by atoms with van der Waals surface area (Å²) < 4.78 is 17.2. The van der Waals surface area contributed by atoms with Crippen LogP contribution in [-0.4, -0.2) is 43.8 Å². The first kappa shape index (κ1) is 40.2. The molecule has 0 spiro atoms. The first-order valence-corrected chi connectivity index (χ1v) is 18.7. The van der Waals surface area contributed by atoms with Crippen LogP contribution in [0.5, 0.6) is 5.75 Å². The third-order valence-corrected chi connectivity index (χ3v) is 9.70. The Balaban J connectivity index is 1.40. The minimum atomic E-state index is -1.37. The molecular formula is C40H49ClINO6. The molecule has 0 aromatic heterocycles. The number of nitrogens with zero attached hydrogens (tertiary/aromatic N) is 1. The summed E-state index contributed by atoms with van der Waals surface area (Å²) in [6, 6.07) is 10.2. The van der Waals surface area contributed by atoms with Gasteiger partial charge in [-0.15, -0.1) is 0 Å². The second-order valence-corrected chi connectivity index (χ2v) is 13.5. The van der Waals surface area contributed by atoms with Crippen LogP contribution in [0.3, 0.4) is 0 Å². The molecule has 0 saturated heterocycles. The molecule has 9 heteroatoms. The predicted octanol–water partition coefficient (Wildman–Crippen LogP) is 10.6. The molecule has 2 aromatic rings. The Morgan fingerprint density at radius 1 is 0.816 bits per heavy atom. The first-order chi connectivity index (χ1) is 23.7. The van der Waals surface area contributed by atoms with Gasteiger partial charge in [-0.1, -0.05) is 67.8 Å². The number of methoxy groups -OCH3 is 1. The maximum Gasteiger partial charge on any atom is 0.307 e. The van der Waals surface area contributed by atoms with Gasteiger partial charge < -0.3 is 14.2 Å². The van der Waals surface area contributed by atoms with Crippen molar-refractivity contribution in [3.05, 3.63) is 92.6 Å². The normalized spacial score (nSPS) is 15.6. The Kier molecular flexibility index (Phi) is 17.8. The largest absolute Gasteiger partial charge is 0.496 e. The SMILES string of the molecule is CCCCCC=CCC=CCC=CCCCCC(=O)OCCCOC(=O)CC1(C(=O)c2ccc(Cl)cc2)C(C)=Nc2ccc(OC)c(I)c21. The van der Waals surface area contributed by atoms with E-state index in [0.717, 1.165) is 32.1 Å². The lowest BCUT2D eigenvalue weighted by atomic mass is 9.70. The van der Waals surface area contributed by atoms with Crippen molar-refractivity contribution in [1.29, 1.82) is 0 Å². The zero-order valence-corrected chi connectivity index (χ0v) is 31.9. The summed E-state index contributed by atoms with van der Waals surface area (Å²) in [5, 5.41) is 0.502. The fourth-order valence-corrected chi connectivity index (χ4v) is 6.94. The molecule has 1 unspecified atom stereocenters. The number of fused-ring (bicyclic) bond motifs is 1. The molecule has 2 aromatic carbocycles. The van der Waals surface area contributed by atoms with E-state index < -0.39 is 11.4 Å². The van der Waals surface area contributed by atoms with E-state index in [-0.39, 0.29) is 31.4 Å². The summed E-state index contributed by atoms with van der Waals surface area (Å²) in [5.41, 5.74) is 0.784. The number of ether oxygens (including phenoxy) is 3. The van der Waals surface area contributed by atoms with E-state index in [1.54, 1.807) is 50.4 Å². The molecule has 49 heavy (non-hydrogen) atoms. The van der Waals surface area contributed by atoms with Crippen molar-refractivity contribution >= 4 is 63.3 Å². The van der Waals surface area contributed by atoms with Gasteiger partial charge in [-0.05, 0) is 111 Å². The highest BCUT2D eigenvalue weighted by molar-refractivity contribution is 14.1. The summed E-state index contributed by atoms with van der Waals surface area (Å²) >= 11 is 8.23. The number of allylic oxidation sites excluding steroid dienone is 6. The van der Waals surface area contributed by atoms with Crippen LogP contribution < -0.4 is 4.74 Å². The van der Waals surface area contributed by atoms with Gasteiger partial charge in [0, 0.05) is 34.7 Å². The van der Waals surface area contributed by atoms with Crippen molar-refractivity contribution < 1.29 is 28.6 Å². The quantitative estimate of drug-likeness (QED) is 0.0387. The minimum Gasteiger partial charge on any atom is -0.496 e. The standard InChI is InChI=1S/C40H49ClINO6/c1-4-5-6-7-8-9-10-11-12-13-14-15-16-17-18-20-35(44)48-27-19-28-49-36(45)29-40(39(46)31-21-23-32(41)24-22-31)30(2)43-33-25-26-34(47-3)38(42)37(33)40/h8-9,11-12,14-15,21-26H,4-7,10,13,16-20,27-29H2,1-3H3. The van der Waals surface area contributed by atoms with Gasteiger partial charge in [-0.3, -0.25) is 19.4 Å². The van der Waals surface area contributed by atoms with Crippen LogP contribution in [-0.2, 0) is 24.5 Å². The van der Waals surface area contributed by atoms with Gasteiger partial charge >= 0.3 is 11.9 Å². The number of Topliss-reactive ketones (excluding diaryl/α,β-unsaturated/α-hetero) is 1. The Hall–Kier alpha value is -3.24. The predicted molar refractivity (Wildman–Crippen MR) is 206 cm³/mol. The van der Waals surface area contributed by atoms with Crippen LogP contribution in [0.4, 0.5) is 5.69 Å². The monoisotopic (exact) mass is 801 g/mol. The lowest BCUT2D eigenvalue weighted by Gasteiger charge is -2.30. The molecule has 0 amide bonds. The van der Waals surface area contributed by atoms with E-state index in [1.807, 2.05) is 0 Å². The number of esters is 2. The van der Waals surface area contributed by atoms with E-state index in [0.29, 0.717) is 49.7 Å². The van der Waals surface area contributed by atoms with Gasteiger partial charge in [-0.2, -0.15) is 0 Å². The summed E-state index contributed by atoms with van der Waals surface area (Å²) in [4.78, 5) is 44.4. The highest BCUT2D eigenvalue weighted by atomic mass is 127. The number of hydrogen-bond acceptors (Lipinski definition) is 7. The molecule has 1 aliphatic heterocycles. The Bertz CT molecular complexity index is 1510. The summed E-state index contributed by atoms with van der Waals surface area (Å²) in [5.74, 6) is -0.492. The zero-order valence-electron chi connectivity index (χ0n) is 29.0. The fourth-order valence-electron chi connectivity index (χ4n) is 5.67. The van der Waals surface area contributed by atoms with Crippen LogP contribution >= 0.6 is 34.2 Å². The lowest BCUT2D eigenvalue weighted by Crippen LogP contribution is -2.43. The number of benzene rings is 2. The Morgan fingerprint density at radius 2 is 1.43 bits per heavy atom. The maximum absolute atomic E-state index is 14.2. The molecule has 1 aliphatic rings. The third kappa shape index (κ3) is 12.2. The maximum atomic E-state index is 14.2. The molecule has 3 rings (SSSR count). The van der Waals surface area contributed by atoms with Crippen molar-refractivity contribution in [2.75, 3.05) is 20.3 Å². The molecule has 0 N–H and O–H groups in total. The molecule has 0 fully saturated rings. The fraction of sp³-hybridized carbons (Fsp3) is 0.450. The number of aliphatic imine (C=N–C) groups is 1. The van der Waals surface area contributed by atoms with E-state index >= 15 is 0 Å². The summed E-state index contributed by atoms with van der Waals surface area (Å²) in [6.45, 7) is 4.19. The highest BCUT2D eigenvalue weighted by Crippen LogP contribution is 2.49. The third-order valence-electron chi connectivity index (χ3n) is 8.38. The second kappa shape index (κ2) is 21.8. The summed E-state index contributed by atoms with van der Waals surface area (Å²) in [6.07, 6.45) is 23.2. The Morgan fingerprint density at radius 3 is 2.06 bits per heavy atom.